The van der Waals surface area contributed by atoms with Crippen LogP contribution in [0.1, 0.15) is 21.5 Å². The van der Waals surface area contributed by atoms with E-state index in [9.17, 15) is 9.59 Å². The van der Waals surface area contributed by atoms with Crippen molar-refractivity contribution in [3.8, 4) is 0 Å². The number of nitrogens with zero attached hydrogens (tertiary/aromatic N) is 2. The van der Waals surface area contributed by atoms with Gasteiger partial charge in [-0.1, -0.05) is 6.07 Å². The van der Waals surface area contributed by atoms with E-state index in [1.54, 1.807) is 25.1 Å². The van der Waals surface area contributed by atoms with Gasteiger partial charge in [0.25, 0.3) is 5.91 Å². The second kappa shape index (κ2) is 6.42. The van der Waals surface area contributed by atoms with Gasteiger partial charge in [-0.25, -0.2) is 9.78 Å². The van der Waals surface area contributed by atoms with Crippen molar-refractivity contribution in [2.75, 3.05) is 5.32 Å². The maximum absolute atomic E-state index is 12.1. The molecule has 0 aliphatic carbocycles. The summed E-state index contributed by atoms with van der Waals surface area (Å²) < 4.78 is 0. The summed E-state index contributed by atoms with van der Waals surface area (Å²) >= 11 is 0. The molecule has 0 saturated carbocycles. The molecule has 0 fully saturated rings. The van der Waals surface area contributed by atoms with E-state index < -0.39 is 5.97 Å². The van der Waals surface area contributed by atoms with Crippen LogP contribution in [0.5, 0.6) is 0 Å². The van der Waals surface area contributed by atoms with E-state index in [0.29, 0.717) is 11.4 Å². The van der Waals surface area contributed by atoms with Crippen LogP contribution in [-0.4, -0.2) is 27.0 Å². The lowest BCUT2D eigenvalue weighted by Crippen LogP contribution is -2.13. The van der Waals surface area contributed by atoms with Gasteiger partial charge in [0.05, 0.1) is 6.20 Å². The van der Waals surface area contributed by atoms with Crippen LogP contribution in [0.4, 0.5) is 5.82 Å². The highest BCUT2D eigenvalue weighted by atomic mass is 16.4. The highest BCUT2D eigenvalue weighted by molar-refractivity contribution is 6.04. The molecule has 2 N–H and O–H groups in total. The van der Waals surface area contributed by atoms with Crippen LogP contribution in [0.25, 0.3) is 6.08 Å². The van der Waals surface area contributed by atoms with Crippen molar-refractivity contribution in [3.63, 3.8) is 0 Å². The van der Waals surface area contributed by atoms with Gasteiger partial charge in [0.1, 0.15) is 0 Å². The molecule has 1 heterocycles. The van der Waals surface area contributed by atoms with Crippen LogP contribution in [0, 0.1) is 6.92 Å². The van der Waals surface area contributed by atoms with Gasteiger partial charge in [-0.15, -0.1) is 0 Å². The monoisotopic (exact) mass is 283 g/mol. The Morgan fingerprint density at radius 2 is 2.10 bits per heavy atom. The molecule has 0 unspecified atom stereocenters. The Kier molecular flexibility index (Phi) is 4.40. The molecule has 2 aromatic rings. The Morgan fingerprint density at radius 3 is 2.71 bits per heavy atom. The minimum Gasteiger partial charge on any atom is -0.478 e. The van der Waals surface area contributed by atoms with Crippen molar-refractivity contribution in [2.45, 2.75) is 6.92 Å². The zero-order chi connectivity index (χ0) is 15.2. The molecule has 6 heteroatoms. The molecule has 0 bridgehead atoms. The number of nitrogens with one attached hydrogen (secondary N) is 1. The summed E-state index contributed by atoms with van der Waals surface area (Å²) in [6.07, 6.45) is 7.00. The lowest BCUT2D eigenvalue weighted by atomic mass is 10.0. The third kappa shape index (κ3) is 3.97. The van der Waals surface area contributed by atoms with Gasteiger partial charge < -0.3 is 10.4 Å². The second-order valence-electron chi connectivity index (χ2n) is 4.29. The minimum atomic E-state index is -1.01. The predicted octanol–water partition coefficient (Wildman–Crippen LogP) is 2.14. The number of benzene rings is 1. The molecule has 2 rings (SSSR count). The number of aromatic nitrogens is 2. The van der Waals surface area contributed by atoms with Crippen LogP contribution >= 0.6 is 0 Å². The zero-order valence-corrected chi connectivity index (χ0v) is 11.3. The molecule has 0 atom stereocenters. The van der Waals surface area contributed by atoms with E-state index in [2.05, 4.69) is 15.3 Å². The SMILES string of the molecule is Cc1cc(C(=O)Nc2cnccn2)ccc1/C=C/C(=O)O. The van der Waals surface area contributed by atoms with Crippen LogP contribution in [-0.2, 0) is 4.79 Å². The molecule has 0 saturated heterocycles. The Balaban J connectivity index is 2.16. The van der Waals surface area contributed by atoms with E-state index in [0.717, 1.165) is 17.2 Å². The molecule has 106 valence electrons. The molecule has 0 aliphatic rings. The van der Waals surface area contributed by atoms with Crippen molar-refractivity contribution in [2.24, 2.45) is 0 Å². The second-order valence-corrected chi connectivity index (χ2v) is 4.29. The van der Waals surface area contributed by atoms with Crippen LogP contribution < -0.4 is 5.32 Å². The van der Waals surface area contributed by atoms with Gasteiger partial charge in [-0.2, -0.15) is 0 Å². The topological polar surface area (TPSA) is 92.2 Å². The normalized spacial score (nSPS) is 10.5. The summed E-state index contributed by atoms with van der Waals surface area (Å²) in [6.45, 7) is 1.81. The highest BCUT2D eigenvalue weighted by Crippen LogP contribution is 2.14. The first-order valence-electron chi connectivity index (χ1n) is 6.15. The number of hydrogen-bond acceptors (Lipinski definition) is 4. The fourth-order valence-electron chi connectivity index (χ4n) is 1.72. The maximum Gasteiger partial charge on any atom is 0.328 e. The predicted molar refractivity (Wildman–Crippen MR) is 77.8 cm³/mol. The quantitative estimate of drug-likeness (QED) is 0.839. The number of aryl methyl sites for hydroxylation is 1. The van der Waals surface area contributed by atoms with Crippen molar-refractivity contribution in [1.82, 2.24) is 9.97 Å². The number of carboxylic acid groups (broad SMARTS) is 1. The van der Waals surface area contributed by atoms with E-state index in [-0.39, 0.29) is 5.91 Å². The third-order valence-corrected chi connectivity index (χ3v) is 2.74. The summed E-state index contributed by atoms with van der Waals surface area (Å²) in [4.78, 5) is 30.4. The number of rotatable bonds is 4. The first-order valence-corrected chi connectivity index (χ1v) is 6.15. The smallest absolute Gasteiger partial charge is 0.328 e. The summed E-state index contributed by atoms with van der Waals surface area (Å²) in [6, 6.07) is 5.01. The minimum absolute atomic E-state index is 0.299. The lowest BCUT2D eigenvalue weighted by Gasteiger charge is -2.06. The van der Waals surface area contributed by atoms with E-state index in [1.807, 2.05) is 0 Å². The molecule has 21 heavy (non-hydrogen) atoms. The molecular weight excluding hydrogens is 270 g/mol. The number of aliphatic carboxylic acids is 1. The Labute approximate surface area is 121 Å². The number of anilines is 1. The first kappa shape index (κ1) is 14.4. The van der Waals surface area contributed by atoms with Gasteiger partial charge >= 0.3 is 5.97 Å². The number of hydrogen-bond donors (Lipinski definition) is 2. The van der Waals surface area contributed by atoms with Crippen molar-refractivity contribution in [3.05, 3.63) is 59.6 Å². The van der Waals surface area contributed by atoms with Gasteiger partial charge in [0.15, 0.2) is 5.82 Å². The van der Waals surface area contributed by atoms with Gasteiger partial charge in [0.2, 0.25) is 0 Å². The summed E-state index contributed by atoms with van der Waals surface area (Å²) in [5.74, 6) is -0.943. The molecule has 1 aromatic heterocycles. The Hall–Kier alpha value is -3.02. The molecule has 1 aromatic carbocycles. The fraction of sp³-hybridized carbons (Fsp3) is 0.0667. The largest absolute Gasteiger partial charge is 0.478 e. The van der Waals surface area contributed by atoms with Crippen molar-refractivity contribution >= 4 is 23.8 Å². The number of amides is 1. The van der Waals surface area contributed by atoms with Crippen molar-refractivity contribution in [1.29, 1.82) is 0 Å². The molecule has 1 amide bonds. The van der Waals surface area contributed by atoms with Gasteiger partial charge in [0, 0.05) is 24.0 Å². The molecular formula is C15H13N3O3. The standard InChI is InChI=1S/C15H13N3O3/c1-10-8-12(3-2-11(10)4-5-14(19)20)15(21)18-13-9-16-6-7-17-13/h2-9H,1H3,(H,19,20)(H,17,18,21)/b5-4+. The number of carbonyl (C=O) groups is 2. The fourth-order valence-corrected chi connectivity index (χ4v) is 1.72. The Bertz CT molecular complexity index is 697. The zero-order valence-electron chi connectivity index (χ0n) is 11.3. The van der Waals surface area contributed by atoms with E-state index in [4.69, 9.17) is 5.11 Å². The average molecular weight is 283 g/mol. The highest BCUT2D eigenvalue weighted by Gasteiger charge is 2.08. The summed E-state index contributed by atoms with van der Waals surface area (Å²) in [5, 5.41) is 11.2. The van der Waals surface area contributed by atoms with Crippen molar-refractivity contribution < 1.29 is 14.7 Å². The average Bonchev–Trinajstić information content (AvgIpc) is 2.46. The molecule has 6 nitrogen and oxygen atoms in total. The van der Waals surface area contributed by atoms with Crippen LogP contribution in [0.3, 0.4) is 0 Å². The van der Waals surface area contributed by atoms with Gasteiger partial charge in [-0.05, 0) is 36.3 Å². The number of carboxylic acids is 1. The molecule has 0 radical (unpaired) electrons. The Morgan fingerprint density at radius 1 is 1.29 bits per heavy atom. The van der Waals surface area contributed by atoms with Gasteiger partial charge in [-0.3, -0.25) is 9.78 Å². The summed E-state index contributed by atoms with van der Waals surface area (Å²) in [7, 11) is 0. The third-order valence-electron chi connectivity index (χ3n) is 2.74. The van der Waals surface area contributed by atoms with E-state index in [1.165, 1.54) is 24.7 Å². The van der Waals surface area contributed by atoms with Crippen LogP contribution in [0.15, 0.2) is 42.9 Å². The molecule has 0 spiro atoms. The summed E-state index contributed by atoms with van der Waals surface area (Å²) in [5.41, 5.74) is 2.01. The van der Waals surface area contributed by atoms with E-state index >= 15 is 0 Å². The number of carbonyl (C=O) groups excluding carboxylic acids is 1. The lowest BCUT2D eigenvalue weighted by molar-refractivity contribution is -0.131. The van der Waals surface area contributed by atoms with Crippen LogP contribution in [0.2, 0.25) is 0 Å². The maximum atomic E-state index is 12.1. The first-order chi connectivity index (χ1) is 10.1. The molecule has 0 aliphatic heterocycles.